The van der Waals surface area contributed by atoms with Crippen LogP contribution in [-0.4, -0.2) is 37.0 Å². The summed E-state index contributed by atoms with van der Waals surface area (Å²) in [5, 5.41) is 0. The predicted octanol–water partition coefficient (Wildman–Crippen LogP) is 5.77. The molecular weight excluding hydrogens is 392 g/mol. The molecule has 0 amide bonds. The number of alkyl halides is 1. The zero-order valence-corrected chi connectivity index (χ0v) is 18.9. The summed E-state index contributed by atoms with van der Waals surface area (Å²) in [6.45, 7) is 15.0. The summed E-state index contributed by atoms with van der Waals surface area (Å²) in [5.74, 6) is 0.407. The molecule has 1 aromatic carbocycles. The molecule has 3 unspecified atom stereocenters. The van der Waals surface area contributed by atoms with Gasteiger partial charge in [0.25, 0.3) is 0 Å². The van der Waals surface area contributed by atoms with E-state index in [1.807, 2.05) is 0 Å². The monoisotopic (exact) mass is 426 g/mol. The van der Waals surface area contributed by atoms with Crippen molar-refractivity contribution in [1.29, 1.82) is 0 Å². The van der Waals surface area contributed by atoms with Gasteiger partial charge in [0, 0.05) is 16.8 Å². The summed E-state index contributed by atoms with van der Waals surface area (Å²) in [5.41, 5.74) is 1.45. The number of rotatable bonds is 10. The Morgan fingerprint density at radius 1 is 1.04 bits per heavy atom. The van der Waals surface area contributed by atoms with Crippen LogP contribution >= 0.6 is 15.9 Å². The first-order chi connectivity index (χ1) is 12.0. The van der Waals surface area contributed by atoms with Crippen molar-refractivity contribution in [2.45, 2.75) is 70.6 Å². The Morgan fingerprint density at radius 3 is 2.19 bits per heavy atom. The van der Waals surface area contributed by atoms with Gasteiger partial charge in [-0.1, -0.05) is 74.0 Å². The molecule has 0 aromatic heterocycles. The molecule has 1 fully saturated rings. The Labute approximate surface area is 167 Å². The quantitative estimate of drug-likeness (QED) is 0.270. The molecule has 0 saturated carbocycles. The normalized spacial score (nSPS) is 22.3. The van der Waals surface area contributed by atoms with Crippen molar-refractivity contribution < 1.29 is 14.2 Å². The van der Waals surface area contributed by atoms with Crippen LogP contribution in [0.3, 0.4) is 0 Å². The molecule has 4 heteroatoms. The first-order valence-corrected chi connectivity index (χ1v) is 10.3. The van der Waals surface area contributed by atoms with Gasteiger partial charge in [-0.15, -0.1) is 0 Å². The highest BCUT2D eigenvalue weighted by molar-refractivity contribution is 9.10. The maximum atomic E-state index is 5.90. The van der Waals surface area contributed by atoms with Gasteiger partial charge in [0.05, 0.1) is 13.2 Å². The van der Waals surface area contributed by atoms with Crippen LogP contribution in [0, 0.1) is 10.8 Å². The largest absolute Gasteiger partial charge is 0.382 e. The van der Waals surface area contributed by atoms with E-state index in [1.165, 1.54) is 5.56 Å². The van der Waals surface area contributed by atoms with E-state index in [0.717, 1.165) is 6.42 Å². The molecule has 26 heavy (non-hydrogen) atoms. The van der Waals surface area contributed by atoms with E-state index in [-0.39, 0.29) is 27.5 Å². The number of epoxide rings is 1. The second kappa shape index (κ2) is 8.30. The minimum Gasteiger partial charge on any atom is -0.382 e. The van der Waals surface area contributed by atoms with Gasteiger partial charge < -0.3 is 14.2 Å². The topological polar surface area (TPSA) is 31.0 Å². The molecule has 0 radical (unpaired) electrons. The number of ether oxygens (including phenoxy) is 3. The fraction of sp³-hybridized carbons (Fsp3) is 0.727. The molecule has 0 N–H and O–H groups in total. The number of hydrogen-bond donors (Lipinski definition) is 0. The maximum Gasteiger partial charge on any atom is 0.185 e. The number of hydrogen-bond acceptors (Lipinski definition) is 3. The van der Waals surface area contributed by atoms with Crippen molar-refractivity contribution in [1.82, 2.24) is 0 Å². The molecule has 0 spiro atoms. The lowest BCUT2D eigenvalue weighted by atomic mass is 9.60. The molecule has 3 nitrogen and oxygen atoms in total. The summed E-state index contributed by atoms with van der Waals surface area (Å²) in [6.07, 6.45) is 1.09. The minimum atomic E-state index is -0.105. The van der Waals surface area contributed by atoms with E-state index in [4.69, 9.17) is 14.2 Å². The zero-order valence-electron chi connectivity index (χ0n) is 17.3. The van der Waals surface area contributed by atoms with Crippen molar-refractivity contribution in [2.75, 3.05) is 20.3 Å². The number of halogens is 1. The van der Waals surface area contributed by atoms with Gasteiger partial charge in [-0.25, -0.2) is 0 Å². The van der Waals surface area contributed by atoms with Crippen LogP contribution in [0.15, 0.2) is 30.3 Å². The van der Waals surface area contributed by atoms with Gasteiger partial charge in [0.2, 0.25) is 0 Å². The Morgan fingerprint density at radius 2 is 1.65 bits per heavy atom. The van der Waals surface area contributed by atoms with Gasteiger partial charge in [-0.2, -0.15) is 0 Å². The maximum absolute atomic E-state index is 5.90. The van der Waals surface area contributed by atoms with E-state index in [1.54, 1.807) is 7.11 Å². The van der Waals surface area contributed by atoms with Crippen molar-refractivity contribution in [3.63, 3.8) is 0 Å². The van der Waals surface area contributed by atoms with Crippen LogP contribution in [0.5, 0.6) is 0 Å². The highest BCUT2D eigenvalue weighted by atomic mass is 79.9. The van der Waals surface area contributed by atoms with E-state index in [2.05, 4.69) is 87.8 Å². The van der Waals surface area contributed by atoms with Crippen LogP contribution in [0.25, 0.3) is 0 Å². The summed E-state index contributed by atoms with van der Waals surface area (Å²) in [4.78, 5) is 0. The first-order valence-electron chi connectivity index (χ1n) is 9.50. The van der Waals surface area contributed by atoms with Crippen LogP contribution in [0.4, 0.5) is 0 Å². The predicted molar refractivity (Wildman–Crippen MR) is 111 cm³/mol. The second-order valence-electron chi connectivity index (χ2n) is 9.13. The third-order valence-corrected chi connectivity index (χ3v) is 6.77. The molecular formula is C22H35BrO3. The highest BCUT2D eigenvalue weighted by Crippen LogP contribution is 2.55. The van der Waals surface area contributed by atoms with Gasteiger partial charge in [-0.05, 0) is 37.2 Å². The van der Waals surface area contributed by atoms with E-state index in [9.17, 15) is 0 Å². The van der Waals surface area contributed by atoms with Crippen molar-refractivity contribution >= 4 is 15.9 Å². The minimum absolute atomic E-state index is 0.00395. The van der Waals surface area contributed by atoms with Crippen LogP contribution in [-0.2, 0) is 14.2 Å². The molecule has 1 heterocycles. The highest BCUT2D eigenvalue weighted by Gasteiger charge is 2.57. The molecule has 0 bridgehead atoms. The average Bonchev–Trinajstić information content (AvgIpc) is 3.33. The molecule has 1 aromatic rings. The van der Waals surface area contributed by atoms with E-state index in [0.29, 0.717) is 19.1 Å². The van der Waals surface area contributed by atoms with Crippen LogP contribution < -0.4 is 0 Å². The lowest BCUT2D eigenvalue weighted by Crippen LogP contribution is -2.41. The average molecular weight is 427 g/mol. The van der Waals surface area contributed by atoms with Gasteiger partial charge in [0.1, 0.15) is 6.10 Å². The summed E-state index contributed by atoms with van der Waals surface area (Å²) in [7, 11) is 1.69. The van der Waals surface area contributed by atoms with E-state index >= 15 is 0 Å². The van der Waals surface area contributed by atoms with Crippen LogP contribution in [0.2, 0.25) is 0 Å². The third kappa shape index (κ3) is 5.09. The SMILES string of the molecule is COCCOC1OC1C(C)(C)C(C)(C)CC(c1ccccc1)C(C)(C)Br. The van der Waals surface area contributed by atoms with Crippen molar-refractivity contribution in [3.05, 3.63) is 35.9 Å². The van der Waals surface area contributed by atoms with Crippen molar-refractivity contribution in [3.8, 4) is 0 Å². The standard InChI is InChI=1S/C22H35BrO3/c1-20(2,21(3,4)18-19(26-18)25-14-13-24-7)15-17(22(5,6)23)16-11-9-8-10-12-16/h8-12,17-19H,13-15H2,1-7H3. The van der Waals surface area contributed by atoms with Gasteiger partial charge in [0.15, 0.2) is 6.29 Å². The lowest BCUT2D eigenvalue weighted by molar-refractivity contribution is 0.0156. The summed E-state index contributed by atoms with van der Waals surface area (Å²) >= 11 is 3.94. The van der Waals surface area contributed by atoms with Crippen molar-refractivity contribution in [2.24, 2.45) is 10.8 Å². The van der Waals surface area contributed by atoms with Crippen LogP contribution in [0.1, 0.15) is 59.4 Å². The fourth-order valence-electron chi connectivity index (χ4n) is 3.58. The Kier molecular flexibility index (Phi) is 6.98. The van der Waals surface area contributed by atoms with Gasteiger partial charge in [-0.3, -0.25) is 0 Å². The third-order valence-electron chi connectivity index (χ3n) is 6.22. The molecule has 148 valence electrons. The molecule has 1 aliphatic heterocycles. The first kappa shape index (κ1) is 21.9. The number of methoxy groups -OCH3 is 1. The summed E-state index contributed by atoms with van der Waals surface area (Å²) < 4.78 is 16.8. The Hall–Kier alpha value is -0.420. The zero-order chi connectivity index (χ0) is 19.6. The van der Waals surface area contributed by atoms with E-state index < -0.39 is 0 Å². The number of benzene rings is 1. The molecule has 0 aliphatic carbocycles. The molecule has 3 atom stereocenters. The summed E-state index contributed by atoms with van der Waals surface area (Å²) in [6, 6.07) is 10.8. The molecule has 1 saturated heterocycles. The Bertz CT molecular complexity index is 563. The van der Waals surface area contributed by atoms with Gasteiger partial charge >= 0.3 is 0 Å². The molecule has 2 rings (SSSR count). The second-order valence-corrected chi connectivity index (χ2v) is 11.2. The Balaban J connectivity index is 2.12. The lowest BCUT2D eigenvalue weighted by Gasteiger charge is -2.45. The smallest absolute Gasteiger partial charge is 0.185 e. The fourth-order valence-corrected chi connectivity index (χ4v) is 4.01. The molecule has 1 aliphatic rings.